The zero-order valence-corrected chi connectivity index (χ0v) is 9.20. The van der Waals surface area contributed by atoms with Gasteiger partial charge < -0.3 is 5.32 Å². The largest absolute Gasteiger partial charge is 0.433 e. The lowest BCUT2D eigenvalue weighted by atomic mass is 10.3. The average molecular weight is 257 g/mol. The second kappa shape index (κ2) is 5.03. The van der Waals surface area contributed by atoms with Gasteiger partial charge in [-0.05, 0) is 12.1 Å². The average Bonchev–Trinajstić information content (AvgIpc) is 2.82. The third-order valence-corrected chi connectivity index (χ3v) is 2.21. The molecule has 8 heteroatoms. The molecule has 5 nitrogen and oxygen atoms in total. The maximum absolute atomic E-state index is 12.3. The van der Waals surface area contributed by atoms with Gasteiger partial charge in [-0.2, -0.15) is 18.3 Å². The van der Waals surface area contributed by atoms with Crippen molar-refractivity contribution in [2.75, 3.05) is 11.9 Å². The zero-order chi connectivity index (χ0) is 13.0. The molecule has 2 aromatic heterocycles. The molecule has 2 heterocycles. The van der Waals surface area contributed by atoms with Crippen molar-refractivity contribution < 1.29 is 13.2 Å². The molecule has 0 aliphatic carbocycles. The lowest BCUT2D eigenvalue weighted by Crippen LogP contribution is -2.09. The van der Waals surface area contributed by atoms with Crippen molar-refractivity contribution >= 4 is 5.69 Å². The number of aromatic amines is 1. The van der Waals surface area contributed by atoms with E-state index in [0.29, 0.717) is 24.5 Å². The first-order valence-electron chi connectivity index (χ1n) is 5.17. The maximum Gasteiger partial charge on any atom is 0.433 e. The first-order valence-corrected chi connectivity index (χ1v) is 5.17. The molecule has 0 aromatic carbocycles. The van der Waals surface area contributed by atoms with E-state index in [4.69, 9.17) is 0 Å². The third-order valence-electron chi connectivity index (χ3n) is 2.21. The van der Waals surface area contributed by atoms with Crippen molar-refractivity contribution in [1.82, 2.24) is 20.2 Å². The monoisotopic (exact) mass is 257 g/mol. The van der Waals surface area contributed by atoms with E-state index in [9.17, 15) is 13.2 Å². The summed E-state index contributed by atoms with van der Waals surface area (Å²) in [5.41, 5.74) is -0.370. The highest BCUT2D eigenvalue weighted by Gasteiger charge is 2.31. The van der Waals surface area contributed by atoms with Crippen LogP contribution in [0.15, 0.2) is 24.7 Å². The van der Waals surface area contributed by atoms with Gasteiger partial charge in [0.1, 0.15) is 17.8 Å². The van der Waals surface area contributed by atoms with Gasteiger partial charge in [-0.3, -0.25) is 5.10 Å². The van der Waals surface area contributed by atoms with Crippen LogP contribution in [0.3, 0.4) is 0 Å². The normalized spacial score (nSPS) is 11.5. The van der Waals surface area contributed by atoms with Crippen LogP contribution in [0.5, 0.6) is 0 Å². The summed E-state index contributed by atoms with van der Waals surface area (Å²) in [6.45, 7) is 0.530. The molecule has 0 fully saturated rings. The van der Waals surface area contributed by atoms with Crippen molar-refractivity contribution in [3.8, 4) is 0 Å². The van der Waals surface area contributed by atoms with Gasteiger partial charge in [0.25, 0.3) is 0 Å². The number of H-pyrrole nitrogens is 1. The van der Waals surface area contributed by atoms with Crippen LogP contribution < -0.4 is 5.32 Å². The van der Waals surface area contributed by atoms with Crippen LogP contribution in [0.4, 0.5) is 18.9 Å². The van der Waals surface area contributed by atoms with E-state index in [0.717, 1.165) is 12.3 Å². The molecule has 0 aliphatic rings. The van der Waals surface area contributed by atoms with Crippen LogP contribution in [-0.2, 0) is 12.6 Å². The Morgan fingerprint density at radius 3 is 2.61 bits per heavy atom. The highest BCUT2D eigenvalue weighted by Crippen LogP contribution is 2.27. The number of aromatic nitrogens is 4. The summed E-state index contributed by atoms with van der Waals surface area (Å²) >= 11 is 0. The predicted octanol–water partition coefficient (Wildman–Crippen LogP) is 1.87. The highest BCUT2D eigenvalue weighted by atomic mass is 19.4. The number of nitrogens with one attached hydrogen (secondary N) is 2. The number of alkyl halides is 3. The summed E-state index contributed by atoms with van der Waals surface area (Å²) in [7, 11) is 0. The van der Waals surface area contributed by atoms with Crippen molar-refractivity contribution in [2.24, 2.45) is 0 Å². The fourth-order valence-electron chi connectivity index (χ4n) is 1.34. The Morgan fingerprint density at radius 2 is 2.06 bits per heavy atom. The fourth-order valence-corrected chi connectivity index (χ4v) is 1.34. The van der Waals surface area contributed by atoms with Crippen LogP contribution in [0.2, 0.25) is 0 Å². The van der Waals surface area contributed by atoms with Gasteiger partial charge in [-0.15, -0.1) is 0 Å². The van der Waals surface area contributed by atoms with E-state index in [1.54, 1.807) is 0 Å². The standard InChI is InChI=1S/C10H10F3N5/c11-10(12,13)8-2-1-7(5-15-8)14-4-3-9-16-6-17-18-9/h1-2,5-6,14H,3-4H2,(H,16,17,18). The van der Waals surface area contributed by atoms with Crippen molar-refractivity contribution in [2.45, 2.75) is 12.6 Å². The SMILES string of the molecule is FC(F)(F)c1ccc(NCCc2ncn[nH]2)cn1. The lowest BCUT2D eigenvalue weighted by molar-refractivity contribution is -0.141. The Kier molecular flexibility index (Phi) is 3.45. The fraction of sp³-hybridized carbons (Fsp3) is 0.300. The smallest absolute Gasteiger partial charge is 0.383 e. The molecular weight excluding hydrogens is 247 g/mol. The lowest BCUT2D eigenvalue weighted by Gasteiger charge is -2.07. The summed E-state index contributed by atoms with van der Waals surface area (Å²) in [4.78, 5) is 7.27. The van der Waals surface area contributed by atoms with Crippen LogP contribution in [0.25, 0.3) is 0 Å². The quantitative estimate of drug-likeness (QED) is 0.877. The maximum atomic E-state index is 12.3. The van der Waals surface area contributed by atoms with Gasteiger partial charge in [-0.1, -0.05) is 0 Å². The summed E-state index contributed by atoms with van der Waals surface area (Å²) in [5, 5.41) is 9.32. The highest BCUT2D eigenvalue weighted by molar-refractivity contribution is 5.41. The number of hydrogen-bond acceptors (Lipinski definition) is 4. The van der Waals surface area contributed by atoms with E-state index < -0.39 is 11.9 Å². The predicted molar refractivity (Wildman–Crippen MR) is 57.8 cm³/mol. The van der Waals surface area contributed by atoms with E-state index in [-0.39, 0.29) is 0 Å². The van der Waals surface area contributed by atoms with Gasteiger partial charge in [0, 0.05) is 13.0 Å². The molecule has 0 aliphatic heterocycles. The molecule has 0 amide bonds. The first-order chi connectivity index (χ1) is 8.55. The first kappa shape index (κ1) is 12.3. The van der Waals surface area contributed by atoms with Crippen molar-refractivity contribution in [3.63, 3.8) is 0 Å². The van der Waals surface area contributed by atoms with E-state index in [1.807, 2.05) is 0 Å². The molecule has 2 rings (SSSR count). The van der Waals surface area contributed by atoms with E-state index in [1.165, 1.54) is 12.4 Å². The second-order valence-electron chi connectivity index (χ2n) is 3.54. The Balaban J connectivity index is 1.87. The molecular formula is C10H10F3N5. The summed E-state index contributed by atoms with van der Waals surface area (Å²) < 4.78 is 36.8. The third kappa shape index (κ3) is 3.19. The van der Waals surface area contributed by atoms with Gasteiger partial charge >= 0.3 is 6.18 Å². The molecule has 0 radical (unpaired) electrons. The van der Waals surface area contributed by atoms with Gasteiger partial charge in [0.05, 0.1) is 11.9 Å². The number of rotatable bonds is 4. The molecule has 0 bridgehead atoms. The summed E-state index contributed by atoms with van der Waals surface area (Å²) in [6, 6.07) is 2.28. The van der Waals surface area contributed by atoms with E-state index >= 15 is 0 Å². The number of pyridine rings is 1. The Morgan fingerprint density at radius 1 is 1.22 bits per heavy atom. The number of halogens is 3. The molecule has 0 saturated carbocycles. The number of nitrogens with zero attached hydrogens (tertiary/aromatic N) is 3. The van der Waals surface area contributed by atoms with Crippen molar-refractivity contribution in [1.29, 1.82) is 0 Å². The van der Waals surface area contributed by atoms with Crippen molar-refractivity contribution in [3.05, 3.63) is 36.2 Å². The topological polar surface area (TPSA) is 66.5 Å². The zero-order valence-electron chi connectivity index (χ0n) is 9.20. The molecule has 2 N–H and O–H groups in total. The minimum Gasteiger partial charge on any atom is -0.383 e. The second-order valence-corrected chi connectivity index (χ2v) is 3.54. The summed E-state index contributed by atoms with van der Waals surface area (Å²) in [6.07, 6.45) is -1.25. The van der Waals surface area contributed by atoms with Crippen LogP contribution >= 0.6 is 0 Å². The Hall–Kier alpha value is -2.12. The molecule has 2 aromatic rings. The molecule has 0 spiro atoms. The van der Waals surface area contributed by atoms with Crippen LogP contribution in [0.1, 0.15) is 11.5 Å². The minimum absolute atomic E-state index is 0.530. The van der Waals surface area contributed by atoms with Gasteiger partial charge in [0.2, 0.25) is 0 Å². The molecule has 0 unspecified atom stereocenters. The van der Waals surface area contributed by atoms with Gasteiger partial charge in [0.15, 0.2) is 0 Å². The molecule has 0 saturated heterocycles. The Labute approximate surface area is 100 Å². The Bertz CT molecular complexity index is 477. The van der Waals surface area contributed by atoms with Crippen LogP contribution in [-0.4, -0.2) is 26.7 Å². The molecule has 96 valence electrons. The molecule has 18 heavy (non-hydrogen) atoms. The minimum atomic E-state index is -4.40. The van der Waals surface area contributed by atoms with Gasteiger partial charge in [-0.25, -0.2) is 9.97 Å². The van der Waals surface area contributed by atoms with Crippen LogP contribution in [0, 0.1) is 0 Å². The number of anilines is 1. The molecule has 0 atom stereocenters. The summed E-state index contributed by atoms with van der Waals surface area (Å²) in [5.74, 6) is 0.711. The number of hydrogen-bond donors (Lipinski definition) is 2. The van der Waals surface area contributed by atoms with E-state index in [2.05, 4.69) is 25.5 Å².